The molecule has 1 heterocycles. The molecule has 1 aliphatic rings. The molecule has 3 aromatic carbocycles. The fourth-order valence-corrected chi connectivity index (χ4v) is 4.35. The Labute approximate surface area is 224 Å². The second-order valence-corrected chi connectivity index (χ2v) is 9.37. The van der Waals surface area contributed by atoms with Crippen LogP contribution >= 0.6 is 0 Å². The Morgan fingerprint density at radius 2 is 1.29 bits per heavy atom. The van der Waals surface area contributed by atoms with Crippen LogP contribution in [-0.4, -0.2) is 66.8 Å². The summed E-state index contributed by atoms with van der Waals surface area (Å²) in [5.74, 6) is -1.30. The Balaban J connectivity index is 0.000000732. The molecule has 0 bridgehead atoms. The van der Waals surface area contributed by atoms with Crippen molar-refractivity contribution < 1.29 is 23.4 Å². The van der Waals surface area contributed by atoms with Crippen LogP contribution in [0.2, 0.25) is 0 Å². The molecule has 0 aromatic heterocycles. The first-order chi connectivity index (χ1) is 18.4. The third-order valence-corrected chi connectivity index (χ3v) is 6.59. The molecular weight excluding hydrogens is 486 g/mol. The van der Waals surface area contributed by atoms with E-state index < -0.39 is 5.97 Å². The molecule has 7 heteroatoms. The van der Waals surface area contributed by atoms with E-state index in [2.05, 4.69) is 40.1 Å². The number of carboxylic acid groups (broad SMARTS) is 1. The summed E-state index contributed by atoms with van der Waals surface area (Å²) in [6, 6.07) is 23.3. The van der Waals surface area contributed by atoms with E-state index in [0.29, 0.717) is 6.61 Å². The summed E-state index contributed by atoms with van der Waals surface area (Å²) < 4.78 is 33.0. The molecule has 0 atom stereocenters. The molecular formula is C31H38F2N2O3. The molecule has 0 radical (unpaired) electrons. The number of nitrogens with zero attached hydrogens (tertiary/aromatic N) is 2. The normalized spacial score (nSPS) is 14.2. The van der Waals surface area contributed by atoms with E-state index in [4.69, 9.17) is 9.84 Å². The van der Waals surface area contributed by atoms with Gasteiger partial charge < -0.3 is 14.7 Å². The maximum Gasteiger partial charge on any atom is 0.303 e. The lowest BCUT2D eigenvalue weighted by atomic mass is 10.0. The Hall–Kier alpha value is -3.13. The summed E-state index contributed by atoms with van der Waals surface area (Å²) in [6.45, 7) is 8.37. The number of aliphatic carboxylic acids is 1. The molecule has 4 rings (SSSR count). The van der Waals surface area contributed by atoms with E-state index in [1.54, 1.807) is 31.2 Å². The Morgan fingerprint density at radius 3 is 1.76 bits per heavy atom. The molecule has 3 aromatic rings. The van der Waals surface area contributed by atoms with Gasteiger partial charge in [-0.1, -0.05) is 61.5 Å². The van der Waals surface area contributed by atoms with Gasteiger partial charge in [-0.05, 0) is 60.3 Å². The van der Waals surface area contributed by atoms with E-state index in [9.17, 15) is 13.6 Å². The topological polar surface area (TPSA) is 53.0 Å². The lowest BCUT2D eigenvalue weighted by Crippen LogP contribution is -2.47. The molecule has 0 spiro atoms. The van der Waals surface area contributed by atoms with Crippen molar-refractivity contribution in [1.82, 2.24) is 9.80 Å². The second-order valence-electron chi connectivity index (χ2n) is 9.37. The van der Waals surface area contributed by atoms with Gasteiger partial charge in [-0.2, -0.15) is 0 Å². The highest BCUT2D eigenvalue weighted by atomic mass is 19.1. The highest BCUT2D eigenvalue weighted by molar-refractivity contribution is 5.66. The van der Waals surface area contributed by atoms with Crippen LogP contribution in [0.1, 0.15) is 42.6 Å². The first-order valence-electron chi connectivity index (χ1n) is 13.3. The van der Waals surface area contributed by atoms with Crippen LogP contribution < -0.4 is 0 Å². The predicted molar refractivity (Wildman–Crippen MR) is 146 cm³/mol. The van der Waals surface area contributed by atoms with Crippen LogP contribution in [0.15, 0.2) is 78.9 Å². The minimum atomic E-state index is -0.745. The minimum absolute atomic E-state index is 0.222. The van der Waals surface area contributed by atoms with Crippen LogP contribution in [-0.2, 0) is 16.0 Å². The van der Waals surface area contributed by atoms with Gasteiger partial charge in [0.1, 0.15) is 17.7 Å². The highest BCUT2D eigenvalue weighted by Gasteiger charge is 2.19. The molecule has 5 nitrogen and oxygen atoms in total. The quantitative estimate of drug-likeness (QED) is 0.344. The largest absolute Gasteiger partial charge is 0.481 e. The molecule has 204 valence electrons. The molecule has 0 aliphatic carbocycles. The van der Waals surface area contributed by atoms with E-state index in [0.717, 1.165) is 56.8 Å². The van der Waals surface area contributed by atoms with E-state index in [1.807, 2.05) is 0 Å². The third kappa shape index (κ3) is 10.3. The zero-order valence-electron chi connectivity index (χ0n) is 22.1. The zero-order valence-corrected chi connectivity index (χ0v) is 22.1. The third-order valence-electron chi connectivity index (χ3n) is 6.59. The number of carbonyl (C=O) groups is 1. The maximum atomic E-state index is 13.4. The van der Waals surface area contributed by atoms with Gasteiger partial charge in [0.25, 0.3) is 0 Å². The number of halogens is 2. The predicted octanol–water partition coefficient (Wildman–Crippen LogP) is 5.80. The van der Waals surface area contributed by atoms with Gasteiger partial charge in [-0.3, -0.25) is 9.69 Å². The monoisotopic (exact) mass is 524 g/mol. The average molecular weight is 525 g/mol. The fourth-order valence-electron chi connectivity index (χ4n) is 4.35. The molecule has 1 saturated heterocycles. The van der Waals surface area contributed by atoms with Gasteiger partial charge in [0, 0.05) is 39.1 Å². The molecule has 0 unspecified atom stereocenters. The van der Waals surface area contributed by atoms with Crippen LogP contribution in [0.5, 0.6) is 0 Å². The highest BCUT2D eigenvalue weighted by Crippen LogP contribution is 2.26. The van der Waals surface area contributed by atoms with Crippen molar-refractivity contribution in [3.05, 3.63) is 107 Å². The van der Waals surface area contributed by atoms with Gasteiger partial charge >= 0.3 is 5.97 Å². The SMILES string of the molecule is CCC(=O)O.Fc1ccc(C(OCCN2CCN(CCCc3ccccc3)CC2)c2ccc(F)cc2)cc1. The molecule has 1 N–H and O–H groups in total. The summed E-state index contributed by atoms with van der Waals surface area (Å²) in [5.41, 5.74) is 3.14. The van der Waals surface area contributed by atoms with Gasteiger partial charge in [0.2, 0.25) is 0 Å². The van der Waals surface area contributed by atoms with Crippen molar-refractivity contribution in [2.45, 2.75) is 32.3 Å². The Morgan fingerprint density at radius 1 is 0.816 bits per heavy atom. The maximum absolute atomic E-state index is 13.4. The summed E-state index contributed by atoms with van der Waals surface area (Å²) in [7, 11) is 0. The summed E-state index contributed by atoms with van der Waals surface area (Å²) in [4.78, 5) is 14.3. The number of hydrogen-bond donors (Lipinski definition) is 1. The number of carboxylic acids is 1. The summed E-state index contributed by atoms with van der Waals surface area (Å²) >= 11 is 0. The van der Waals surface area contributed by atoms with Gasteiger partial charge in [-0.25, -0.2) is 8.78 Å². The average Bonchev–Trinajstić information content (AvgIpc) is 2.94. The van der Waals surface area contributed by atoms with Crippen molar-refractivity contribution in [2.24, 2.45) is 0 Å². The molecule has 38 heavy (non-hydrogen) atoms. The van der Waals surface area contributed by atoms with Gasteiger partial charge in [0.15, 0.2) is 0 Å². The van der Waals surface area contributed by atoms with E-state index in [1.165, 1.54) is 36.2 Å². The van der Waals surface area contributed by atoms with Gasteiger partial charge in [-0.15, -0.1) is 0 Å². The van der Waals surface area contributed by atoms with Crippen LogP contribution in [0.25, 0.3) is 0 Å². The number of benzene rings is 3. The minimum Gasteiger partial charge on any atom is -0.481 e. The second kappa shape index (κ2) is 16.0. The summed E-state index contributed by atoms with van der Waals surface area (Å²) in [6.07, 6.45) is 2.19. The standard InChI is InChI=1S/C28H32F2N2O.C3H6O2/c29-26-12-8-24(9-13-26)28(25-10-14-27(30)15-11-25)33-22-21-32-19-17-31(18-20-32)16-4-7-23-5-2-1-3-6-23;1-2-3(4)5/h1-3,5-6,8-15,28H,4,7,16-22H2;2H2,1H3,(H,4,5). The van der Waals surface area contributed by atoms with Crippen molar-refractivity contribution in [1.29, 1.82) is 0 Å². The van der Waals surface area contributed by atoms with Gasteiger partial charge in [0.05, 0.1) is 6.61 Å². The number of aryl methyl sites for hydroxylation is 1. The van der Waals surface area contributed by atoms with Crippen LogP contribution in [0.4, 0.5) is 8.78 Å². The summed E-state index contributed by atoms with van der Waals surface area (Å²) in [5, 5.41) is 7.72. The Bertz CT molecular complexity index is 1030. The van der Waals surface area contributed by atoms with E-state index in [-0.39, 0.29) is 24.2 Å². The smallest absolute Gasteiger partial charge is 0.303 e. The lowest BCUT2D eigenvalue weighted by molar-refractivity contribution is -0.136. The number of piperazine rings is 1. The van der Waals surface area contributed by atoms with Crippen molar-refractivity contribution in [3.63, 3.8) is 0 Å². The van der Waals surface area contributed by atoms with Crippen LogP contribution in [0, 0.1) is 11.6 Å². The fraction of sp³-hybridized carbons (Fsp3) is 0.387. The van der Waals surface area contributed by atoms with Crippen molar-refractivity contribution >= 4 is 5.97 Å². The first-order valence-corrected chi connectivity index (χ1v) is 13.3. The van der Waals surface area contributed by atoms with Crippen molar-refractivity contribution in [2.75, 3.05) is 45.9 Å². The molecule has 0 saturated carbocycles. The molecule has 1 aliphatic heterocycles. The molecule has 1 fully saturated rings. The zero-order chi connectivity index (χ0) is 27.2. The van der Waals surface area contributed by atoms with Crippen LogP contribution in [0.3, 0.4) is 0 Å². The first kappa shape index (κ1) is 29.4. The van der Waals surface area contributed by atoms with E-state index >= 15 is 0 Å². The number of rotatable bonds is 11. The van der Waals surface area contributed by atoms with Crippen molar-refractivity contribution in [3.8, 4) is 0 Å². The molecule has 0 amide bonds. The Kier molecular flexibility index (Phi) is 12.4. The number of hydrogen-bond acceptors (Lipinski definition) is 4. The lowest BCUT2D eigenvalue weighted by Gasteiger charge is -2.35. The number of ether oxygens (including phenoxy) is 1.